The lowest BCUT2D eigenvalue weighted by molar-refractivity contribution is 0.00927. The summed E-state index contributed by atoms with van der Waals surface area (Å²) >= 11 is 0. The summed E-state index contributed by atoms with van der Waals surface area (Å²) < 4.78 is 5.70. The standard InChI is InChI=1S/C22H42N4O3.HI/c1-7-23-19(24-15-22(5,6)16-27)25-12-10-18(11-13-25)26(14-17-8-9-17)20(28)29-21(2,3)4;/h17-18,27H,7-16H2,1-6H3,(H,23,24);1H. The highest BCUT2D eigenvalue weighted by Gasteiger charge is 2.35. The van der Waals surface area contributed by atoms with Gasteiger partial charge in [-0.15, -0.1) is 24.0 Å². The number of carbonyl (C=O) groups excluding carboxylic acids is 1. The molecule has 0 aromatic rings. The van der Waals surface area contributed by atoms with Gasteiger partial charge in [0.25, 0.3) is 0 Å². The monoisotopic (exact) mass is 538 g/mol. The van der Waals surface area contributed by atoms with Gasteiger partial charge >= 0.3 is 6.09 Å². The lowest BCUT2D eigenvalue weighted by Crippen LogP contribution is -2.52. The molecule has 176 valence electrons. The molecule has 2 N–H and O–H groups in total. The van der Waals surface area contributed by atoms with Crippen molar-refractivity contribution in [2.75, 3.05) is 39.3 Å². The van der Waals surface area contributed by atoms with Crippen LogP contribution in [-0.4, -0.2) is 77.9 Å². The molecule has 0 bridgehead atoms. The normalized spacial score (nSPS) is 18.6. The first-order valence-corrected chi connectivity index (χ1v) is 11.2. The molecule has 0 aromatic heterocycles. The zero-order valence-corrected chi connectivity index (χ0v) is 22.1. The summed E-state index contributed by atoms with van der Waals surface area (Å²) in [6, 6.07) is 0.221. The number of ether oxygens (including phenoxy) is 1. The van der Waals surface area contributed by atoms with Crippen molar-refractivity contribution in [3.05, 3.63) is 0 Å². The number of hydrogen-bond donors (Lipinski definition) is 2. The number of nitrogens with zero attached hydrogens (tertiary/aromatic N) is 3. The fourth-order valence-corrected chi connectivity index (χ4v) is 3.43. The van der Waals surface area contributed by atoms with Gasteiger partial charge in [-0.05, 0) is 59.3 Å². The lowest BCUT2D eigenvalue weighted by Gasteiger charge is -2.40. The zero-order chi connectivity index (χ0) is 21.7. The van der Waals surface area contributed by atoms with Crippen LogP contribution in [0.3, 0.4) is 0 Å². The van der Waals surface area contributed by atoms with E-state index in [-0.39, 0.29) is 48.1 Å². The quantitative estimate of drug-likeness (QED) is 0.294. The minimum atomic E-state index is -0.468. The molecule has 2 aliphatic rings. The summed E-state index contributed by atoms with van der Waals surface area (Å²) in [5.74, 6) is 1.54. The molecule has 8 heteroatoms. The van der Waals surface area contributed by atoms with Crippen molar-refractivity contribution in [2.45, 2.75) is 78.9 Å². The van der Waals surface area contributed by atoms with Crippen LogP contribution < -0.4 is 5.32 Å². The van der Waals surface area contributed by atoms with Gasteiger partial charge in [0.2, 0.25) is 0 Å². The Morgan fingerprint density at radius 1 is 1.17 bits per heavy atom. The van der Waals surface area contributed by atoms with Crippen molar-refractivity contribution in [2.24, 2.45) is 16.3 Å². The predicted octanol–water partition coefficient (Wildman–Crippen LogP) is 3.70. The number of carbonyl (C=O) groups is 1. The van der Waals surface area contributed by atoms with Crippen LogP contribution in [0, 0.1) is 11.3 Å². The maximum Gasteiger partial charge on any atom is 0.410 e. The van der Waals surface area contributed by atoms with E-state index in [0.29, 0.717) is 12.5 Å². The Morgan fingerprint density at radius 3 is 2.23 bits per heavy atom. The third-order valence-electron chi connectivity index (χ3n) is 5.40. The second-order valence-electron chi connectivity index (χ2n) is 10.3. The fraction of sp³-hybridized carbons (Fsp3) is 0.909. The van der Waals surface area contributed by atoms with E-state index < -0.39 is 5.60 Å². The highest BCUT2D eigenvalue weighted by molar-refractivity contribution is 14.0. The van der Waals surface area contributed by atoms with E-state index in [4.69, 9.17) is 9.73 Å². The van der Waals surface area contributed by atoms with Crippen molar-refractivity contribution >= 4 is 36.0 Å². The molecule has 2 rings (SSSR count). The zero-order valence-electron chi connectivity index (χ0n) is 19.7. The average molecular weight is 539 g/mol. The summed E-state index contributed by atoms with van der Waals surface area (Å²) in [6.45, 7) is 15.9. The molecule has 2 fully saturated rings. The number of amides is 1. The molecule has 1 saturated heterocycles. The molecule has 7 nitrogen and oxygen atoms in total. The van der Waals surface area contributed by atoms with Gasteiger partial charge in [0.05, 0.1) is 6.54 Å². The Balaban J connectivity index is 0.00000450. The Labute approximate surface area is 200 Å². The first-order chi connectivity index (χ1) is 13.5. The number of hydrogen-bond acceptors (Lipinski definition) is 4. The second kappa shape index (κ2) is 11.7. The molecule has 1 amide bonds. The number of nitrogens with one attached hydrogen (secondary N) is 1. The molecule has 0 spiro atoms. The van der Waals surface area contributed by atoms with E-state index in [0.717, 1.165) is 45.0 Å². The Morgan fingerprint density at radius 2 is 1.77 bits per heavy atom. The molecule has 0 atom stereocenters. The van der Waals surface area contributed by atoms with Crippen LogP contribution in [0.15, 0.2) is 4.99 Å². The Kier molecular flexibility index (Phi) is 10.7. The van der Waals surface area contributed by atoms with Crippen LogP contribution in [0.2, 0.25) is 0 Å². The molecule has 30 heavy (non-hydrogen) atoms. The van der Waals surface area contributed by atoms with Gasteiger partial charge in [0.15, 0.2) is 5.96 Å². The van der Waals surface area contributed by atoms with E-state index in [1.165, 1.54) is 12.8 Å². The van der Waals surface area contributed by atoms with Crippen molar-refractivity contribution in [1.29, 1.82) is 0 Å². The van der Waals surface area contributed by atoms with E-state index >= 15 is 0 Å². The number of likely N-dealkylation sites (tertiary alicyclic amines) is 1. The minimum Gasteiger partial charge on any atom is -0.444 e. The van der Waals surface area contributed by atoms with E-state index in [2.05, 4.69) is 17.1 Å². The maximum absolute atomic E-state index is 12.8. The first-order valence-electron chi connectivity index (χ1n) is 11.2. The summed E-state index contributed by atoms with van der Waals surface area (Å²) in [5, 5.41) is 12.9. The topological polar surface area (TPSA) is 77.4 Å². The van der Waals surface area contributed by atoms with Crippen molar-refractivity contribution in [1.82, 2.24) is 15.1 Å². The van der Waals surface area contributed by atoms with Crippen molar-refractivity contribution in [3.8, 4) is 0 Å². The third kappa shape index (κ3) is 9.16. The summed E-state index contributed by atoms with van der Waals surface area (Å²) in [6.07, 6.45) is 4.10. The van der Waals surface area contributed by atoms with Gasteiger partial charge in [-0.2, -0.15) is 0 Å². The highest BCUT2D eigenvalue weighted by Crippen LogP contribution is 2.32. The number of aliphatic hydroxyl groups is 1. The molecule has 0 unspecified atom stereocenters. The van der Waals surface area contributed by atoms with Gasteiger partial charge in [-0.3, -0.25) is 4.99 Å². The molecule has 1 aliphatic heterocycles. The van der Waals surface area contributed by atoms with Gasteiger partial charge < -0.3 is 25.0 Å². The van der Waals surface area contributed by atoms with Crippen molar-refractivity contribution in [3.63, 3.8) is 0 Å². The molecule has 1 saturated carbocycles. The first kappa shape index (κ1) is 27.3. The van der Waals surface area contributed by atoms with Crippen LogP contribution in [0.4, 0.5) is 4.79 Å². The van der Waals surface area contributed by atoms with E-state index in [1.807, 2.05) is 39.5 Å². The van der Waals surface area contributed by atoms with Gasteiger partial charge in [-0.25, -0.2) is 4.79 Å². The van der Waals surface area contributed by atoms with Crippen LogP contribution in [0.5, 0.6) is 0 Å². The fourth-order valence-electron chi connectivity index (χ4n) is 3.43. The van der Waals surface area contributed by atoms with Crippen molar-refractivity contribution < 1.29 is 14.6 Å². The molecule has 0 aromatic carbocycles. The molecular weight excluding hydrogens is 495 g/mol. The smallest absolute Gasteiger partial charge is 0.410 e. The van der Waals surface area contributed by atoms with E-state index in [9.17, 15) is 9.90 Å². The average Bonchev–Trinajstić information content (AvgIpc) is 3.46. The Hall–Kier alpha value is -0.770. The van der Waals surface area contributed by atoms with Gasteiger partial charge in [0, 0.05) is 44.2 Å². The van der Waals surface area contributed by atoms with E-state index in [1.54, 1.807) is 0 Å². The second-order valence-corrected chi connectivity index (χ2v) is 10.3. The molecule has 1 heterocycles. The van der Waals surface area contributed by atoms with Crippen LogP contribution in [0.1, 0.15) is 67.2 Å². The molecule has 1 aliphatic carbocycles. The highest BCUT2D eigenvalue weighted by atomic mass is 127. The molecular formula is C22H43IN4O3. The number of piperidine rings is 1. The SMILES string of the molecule is CCNC(=NCC(C)(C)CO)N1CCC(N(CC2CC2)C(=O)OC(C)(C)C)CC1.I. The van der Waals surface area contributed by atoms with Gasteiger partial charge in [0.1, 0.15) is 5.60 Å². The number of aliphatic hydroxyl groups excluding tert-OH is 1. The summed E-state index contributed by atoms with van der Waals surface area (Å²) in [7, 11) is 0. The number of aliphatic imine (C=N–C) groups is 1. The largest absolute Gasteiger partial charge is 0.444 e. The third-order valence-corrected chi connectivity index (χ3v) is 5.40. The van der Waals surface area contributed by atoms with Gasteiger partial charge in [-0.1, -0.05) is 13.8 Å². The lowest BCUT2D eigenvalue weighted by atomic mass is 9.95. The summed E-state index contributed by atoms with van der Waals surface area (Å²) in [4.78, 5) is 21.8. The Bertz CT molecular complexity index is 565. The van der Waals surface area contributed by atoms with Crippen LogP contribution in [0.25, 0.3) is 0 Å². The minimum absolute atomic E-state index is 0. The van der Waals surface area contributed by atoms with Crippen LogP contribution in [-0.2, 0) is 4.74 Å². The number of guanidine groups is 1. The maximum atomic E-state index is 12.8. The predicted molar refractivity (Wildman–Crippen MR) is 133 cm³/mol. The summed E-state index contributed by atoms with van der Waals surface area (Å²) in [5.41, 5.74) is -0.694. The van der Waals surface area contributed by atoms with Crippen LogP contribution >= 0.6 is 24.0 Å². The number of halogens is 1. The molecule has 0 radical (unpaired) electrons. The number of rotatable bonds is 7.